The number of carbonyl (C=O) groups is 2. The Kier molecular flexibility index (Phi) is 5.51. The van der Waals surface area contributed by atoms with Gasteiger partial charge in [-0.25, -0.2) is 0 Å². The van der Waals surface area contributed by atoms with E-state index in [1.807, 2.05) is 30.0 Å². The van der Waals surface area contributed by atoms with Gasteiger partial charge >= 0.3 is 0 Å². The van der Waals surface area contributed by atoms with Crippen LogP contribution in [0, 0.1) is 6.92 Å². The van der Waals surface area contributed by atoms with Gasteiger partial charge in [0.2, 0.25) is 5.91 Å². The second kappa shape index (κ2) is 7.99. The molecule has 136 valence electrons. The first-order chi connectivity index (χ1) is 12.6. The fourth-order valence-electron chi connectivity index (χ4n) is 3.17. The van der Waals surface area contributed by atoms with Gasteiger partial charge in [-0.3, -0.25) is 14.6 Å². The highest BCUT2D eigenvalue weighted by Crippen LogP contribution is 2.19. The van der Waals surface area contributed by atoms with Crippen molar-refractivity contribution in [2.75, 3.05) is 33.3 Å². The molecule has 0 bridgehead atoms. The van der Waals surface area contributed by atoms with Crippen LogP contribution in [-0.2, 0) is 11.2 Å². The summed E-state index contributed by atoms with van der Waals surface area (Å²) >= 11 is 0. The first-order valence-corrected chi connectivity index (χ1v) is 8.69. The molecular weight excluding hydrogens is 330 g/mol. The van der Waals surface area contributed by atoms with Crippen molar-refractivity contribution in [1.82, 2.24) is 14.8 Å². The molecule has 2 amide bonds. The zero-order chi connectivity index (χ0) is 18.5. The molecule has 2 aromatic rings. The fourth-order valence-corrected chi connectivity index (χ4v) is 3.17. The van der Waals surface area contributed by atoms with Crippen molar-refractivity contribution in [2.45, 2.75) is 13.3 Å². The molecule has 2 heterocycles. The molecule has 0 saturated carbocycles. The maximum Gasteiger partial charge on any atom is 0.254 e. The molecule has 1 saturated heterocycles. The van der Waals surface area contributed by atoms with Crippen LogP contribution >= 0.6 is 0 Å². The number of carbonyl (C=O) groups excluding carboxylic acids is 2. The van der Waals surface area contributed by atoms with E-state index in [0.717, 1.165) is 16.9 Å². The van der Waals surface area contributed by atoms with E-state index in [4.69, 9.17) is 4.74 Å². The Labute approximate surface area is 153 Å². The van der Waals surface area contributed by atoms with Crippen LogP contribution < -0.4 is 4.74 Å². The second-order valence-corrected chi connectivity index (χ2v) is 6.39. The summed E-state index contributed by atoms with van der Waals surface area (Å²) in [5, 5.41) is 0. The summed E-state index contributed by atoms with van der Waals surface area (Å²) in [5.74, 6) is 0.903. The SMILES string of the molecule is COc1ccc(CC(=O)N2CCN(C(=O)c3ccncc3)CC2)cc1C. The third-order valence-electron chi connectivity index (χ3n) is 4.66. The number of aryl methyl sites for hydroxylation is 1. The van der Waals surface area contributed by atoms with E-state index < -0.39 is 0 Å². The van der Waals surface area contributed by atoms with Crippen molar-refractivity contribution in [3.63, 3.8) is 0 Å². The summed E-state index contributed by atoms with van der Waals surface area (Å²) in [6.07, 6.45) is 3.59. The van der Waals surface area contributed by atoms with Gasteiger partial charge in [0.1, 0.15) is 5.75 Å². The van der Waals surface area contributed by atoms with E-state index in [-0.39, 0.29) is 11.8 Å². The fraction of sp³-hybridized carbons (Fsp3) is 0.350. The highest BCUT2D eigenvalue weighted by molar-refractivity contribution is 5.94. The minimum absolute atomic E-state index is 0.00900. The molecule has 1 fully saturated rings. The summed E-state index contributed by atoms with van der Waals surface area (Å²) < 4.78 is 5.26. The van der Waals surface area contributed by atoms with Crippen molar-refractivity contribution in [1.29, 1.82) is 0 Å². The first-order valence-electron chi connectivity index (χ1n) is 8.69. The van der Waals surface area contributed by atoms with Gasteiger partial charge in [0.15, 0.2) is 0 Å². The summed E-state index contributed by atoms with van der Waals surface area (Å²) in [5.41, 5.74) is 2.63. The molecule has 1 aromatic carbocycles. The molecule has 1 aromatic heterocycles. The van der Waals surface area contributed by atoms with Gasteiger partial charge in [0.05, 0.1) is 13.5 Å². The van der Waals surface area contributed by atoms with Crippen LogP contribution in [0.4, 0.5) is 0 Å². The predicted molar refractivity (Wildman–Crippen MR) is 98.2 cm³/mol. The van der Waals surface area contributed by atoms with Crippen molar-refractivity contribution in [3.05, 3.63) is 59.4 Å². The van der Waals surface area contributed by atoms with E-state index in [2.05, 4.69) is 4.98 Å². The number of benzene rings is 1. The van der Waals surface area contributed by atoms with Crippen LogP contribution in [0.2, 0.25) is 0 Å². The smallest absolute Gasteiger partial charge is 0.254 e. The summed E-state index contributed by atoms with van der Waals surface area (Å²) in [6.45, 7) is 4.19. The number of piperazine rings is 1. The molecule has 6 heteroatoms. The number of aromatic nitrogens is 1. The lowest BCUT2D eigenvalue weighted by atomic mass is 10.1. The van der Waals surface area contributed by atoms with E-state index in [9.17, 15) is 9.59 Å². The number of ether oxygens (including phenoxy) is 1. The van der Waals surface area contributed by atoms with Crippen LogP contribution in [0.3, 0.4) is 0 Å². The number of nitrogens with zero attached hydrogens (tertiary/aromatic N) is 3. The molecule has 0 radical (unpaired) electrons. The second-order valence-electron chi connectivity index (χ2n) is 6.39. The molecule has 3 rings (SSSR count). The number of pyridine rings is 1. The summed E-state index contributed by atoms with van der Waals surface area (Å²) in [7, 11) is 1.64. The molecule has 0 aliphatic carbocycles. The molecule has 1 aliphatic heterocycles. The summed E-state index contributed by atoms with van der Waals surface area (Å²) in [4.78, 5) is 32.6. The van der Waals surface area contributed by atoms with Crippen molar-refractivity contribution in [3.8, 4) is 5.75 Å². The van der Waals surface area contributed by atoms with Crippen LogP contribution in [0.15, 0.2) is 42.7 Å². The average Bonchev–Trinajstić information content (AvgIpc) is 2.68. The number of amides is 2. The zero-order valence-corrected chi connectivity index (χ0v) is 15.1. The van der Waals surface area contributed by atoms with Gasteiger partial charge in [-0.2, -0.15) is 0 Å². The van der Waals surface area contributed by atoms with E-state index in [1.165, 1.54) is 0 Å². The van der Waals surface area contributed by atoms with Gasteiger partial charge in [0.25, 0.3) is 5.91 Å². The maximum absolute atomic E-state index is 12.6. The zero-order valence-electron chi connectivity index (χ0n) is 15.1. The largest absolute Gasteiger partial charge is 0.496 e. The Morgan fingerprint density at radius 1 is 1.04 bits per heavy atom. The van der Waals surface area contributed by atoms with Crippen LogP contribution in [0.25, 0.3) is 0 Å². The minimum atomic E-state index is -0.00900. The topological polar surface area (TPSA) is 62.7 Å². The number of hydrogen-bond acceptors (Lipinski definition) is 4. The minimum Gasteiger partial charge on any atom is -0.496 e. The monoisotopic (exact) mass is 353 g/mol. The third kappa shape index (κ3) is 4.02. The van der Waals surface area contributed by atoms with Crippen molar-refractivity contribution >= 4 is 11.8 Å². The predicted octanol–water partition coefficient (Wildman–Crippen LogP) is 1.93. The lowest BCUT2D eigenvalue weighted by molar-refractivity contribution is -0.131. The molecular formula is C20H23N3O3. The molecule has 26 heavy (non-hydrogen) atoms. The highest BCUT2D eigenvalue weighted by atomic mass is 16.5. The Balaban J connectivity index is 1.55. The van der Waals surface area contributed by atoms with E-state index in [1.54, 1.807) is 36.5 Å². The lowest BCUT2D eigenvalue weighted by Gasteiger charge is -2.35. The third-order valence-corrected chi connectivity index (χ3v) is 4.66. The van der Waals surface area contributed by atoms with Crippen LogP contribution in [0.1, 0.15) is 21.5 Å². The molecule has 1 aliphatic rings. The lowest BCUT2D eigenvalue weighted by Crippen LogP contribution is -2.51. The van der Waals surface area contributed by atoms with Gasteiger partial charge in [-0.05, 0) is 36.2 Å². The van der Waals surface area contributed by atoms with E-state index >= 15 is 0 Å². The first kappa shape index (κ1) is 17.9. The van der Waals surface area contributed by atoms with Gasteiger partial charge in [-0.15, -0.1) is 0 Å². The van der Waals surface area contributed by atoms with Crippen LogP contribution in [-0.4, -0.2) is 59.9 Å². The highest BCUT2D eigenvalue weighted by Gasteiger charge is 2.24. The van der Waals surface area contributed by atoms with Gasteiger partial charge in [-0.1, -0.05) is 12.1 Å². The van der Waals surface area contributed by atoms with Gasteiger partial charge < -0.3 is 14.5 Å². The van der Waals surface area contributed by atoms with Gasteiger partial charge in [0, 0.05) is 44.1 Å². The quantitative estimate of drug-likeness (QED) is 0.843. The molecule has 6 nitrogen and oxygen atoms in total. The van der Waals surface area contributed by atoms with E-state index in [0.29, 0.717) is 38.2 Å². The van der Waals surface area contributed by atoms with Crippen molar-refractivity contribution in [2.24, 2.45) is 0 Å². The Morgan fingerprint density at radius 2 is 1.69 bits per heavy atom. The standard InChI is InChI=1S/C20H23N3O3/c1-15-13-16(3-4-18(15)26-2)14-19(24)22-9-11-23(12-10-22)20(25)17-5-7-21-8-6-17/h3-8,13H,9-12,14H2,1-2H3. The number of methoxy groups -OCH3 is 1. The Hall–Kier alpha value is -2.89. The normalized spacial score (nSPS) is 14.2. The molecule has 0 N–H and O–H groups in total. The molecule has 0 unspecified atom stereocenters. The molecule has 0 spiro atoms. The average molecular weight is 353 g/mol. The molecule has 0 atom stereocenters. The Morgan fingerprint density at radius 3 is 2.31 bits per heavy atom. The Bertz CT molecular complexity index is 784. The maximum atomic E-state index is 12.6. The number of hydrogen-bond donors (Lipinski definition) is 0. The number of rotatable bonds is 4. The van der Waals surface area contributed by atoms with Crippen LogP contribution in [0.5, 0.6) is 5.75 Å². The summed E-state index contributed by atoms with van der Waals surface area (Å²) in [6, 6.07) is 9.23. The van der Waals surface area contributed by atoms with Crippen molar-refractivity contribution < 1.29 is 14.3 Å².